The van der Waals surface area contributed by atoms with Gasteiger partial charge in [0.15, 0.2) is 0 Å². The predicted molar refractivity (Wildman–Crippen MR) is 215 cm³/mol. The fourth-order valence-corrected chi connectivity index (χ4v) is 7.93. The first-order valence-electron chi connectivity index (χ1n) is 17.9. The zero-order valence-corrected chi connectivity index (χ0v) is 29.1. The molecule has 0 radical (unpaired) electrons. The number of aromatic nitrogens is 2. The molecule has 8 aromatic carbocycles. The van der Waals surface area contributed by atoms with Crippen molar-refractivity contribution < 1.29 is 17.6 Å². The summed E-state index contributed by atoms with van der Waals surface area (Å²) in [5, 5.41) is 3.63. The third-order valence-corrected chi connectivity index (χ3v) is 10.4. The maximum absolute atomic E-state index is 15.4. The highest BCUT2D eigenvalue weighted by atomic mass is 19.1. The van der Waals surface area contributed by atoms with E-state index in [9.17, 15) is 8.78 Å². The molecule has 2 aromatic heterocycles. The Bertz CT molecular complexity index is 2920. The molecule has 55 heavy (non-hydrogen) atoms. The quantitative estimate of drug-likeness (QED) is 0.156. The number of hydrogen-bond acceptors (Lipinski definition) is 1. The van der Waals surface area contributed by atoms with Crippen molar-refractivity contribution in [1.29, 1.82) is 0 Å². The first kappa shape index (κ1) is 32.5. The maximum Gasteiger partial charge on any atom is 0.150 e. The summed E-state index contributed by atoms with van der Waals surface area (Å²) >= 11 is 0. The second-order valence-electron chi connectivity index (χ2n) is 13.5. The number of anilines is 3. The van der Waals surface area contributed by atoms with Gasteiger partial charge in [-0.2, -0.15) is 0 Å². The molecule has 0 spiro atoms. The first-order valence-corrected chi connectivity index (χ1v) is 17.9. The van der Waals surface area contributed by atoms with E-state index >= 15 is 8.78 Å². The van der Waals surface area contributed by atoms with E-state index in [4.69, 9.17) is 0 Å². The molecule has 0 N–H and O–H groups in total. The van der Waals surface area contributed by atoms with Gasteiger partial charge in [-0.1, -0.05) is 78.9 Å². The fourth-order valence-electron chi connectivity index (χ4n) is 7.93. The number of nitrogens with zero attached hydrogens (tertiary/aromatic N) is 3. The standard InChI is InChI=1S/C48H29F4N3/c49-32-16-22-47(41(51)26-32)54-43-12-6-4-10-37(43)39-28-35(20-24-45(39)54)53(34-18-14-31(15-19-34)30-8-2-1-3-9-30)36-21-25-46-40(29-36)38-11-5-7-13-44(38)55(46)48-23-17-33(50)27-42(48)52/h1-29H. The van der Waals surface area contributed by atoms with Gasteiger partial charge in [-0.05, 0) is 96.1 Å². The first-order chi connectivity index (χ1) is 26.9. The molecule has 0 unspecified atom stereocenters. The Hall–Kier alpha value is -7.12. The number of fused-ring (bicyclic) bond motifs is 6. The van der Waals surface area contributed by atoms with Gasteiger partial charge in [-0.3, -0.25) is 0 Å². The molecule has 0 fully saturated rings. The van der Waals surface area contributed by atoms with E-state index in [0.717, 1.165) is 83.9 Å². The SMILES string of the molecule is Fc1ccc(-n2c3ccccc3c3cc(N(c4ccc(-c5ccccc5)cc4)c4ccc5c(c4)c4ccccc4n5-c4ccc(F)cc4F)ccc32)c(F)c1. The molecule has 3 nitrogen and oxygen atoms in total. The summed E-state index contributed by atoms with van der Waals surface area (Å²) < 4.78 is 62.4. The molecule has 0 saturated heterocycles. The van der Waals surface area contributed by atoms with Crippen molar-refractivity contribution >= 4 is 60.7 Å². The Morgan fingerprint density at radius 1 is 0.327 bits per heavy atom. The van der Waals surface area contributed by atoms with Crippen molar-refractivity contribution in [2.45, 2.75) is 0 Å². The summed E-state index contributed by atoms with van der Waals surface area (Å²) in [5.74, 6) is -2.58. The minimum absolute atomic E-state index is 0.258. The molecule has 2 heterocycles. The second-order valence-corrected chi connectivity index (χ2v) is 13.5. The van der Waals surface area contributed by atoms with Crippen molar-refractivity contribution in [1.82, 2.24) is 9.13 Å². The Morgan fingerprint density at radius 2 is 0.745 bits per heavy atom. The van der Waals surface area contributed by atoms with Gasteiger partial charge >= 0.3 is 0 Å². The van der Waals surface area contributed by atoms with Crippen LogP contribution in [0.25, 0.3) is 66.1 Å². The lowest BCUT2D eigenvalue weighted by Crippen LogP contribution is -2.10. The highest BCUT2D eigenvalue weighted by molar-refractivity contribution is 6.12. The molecule has 0 aliphatic heterocycles. The molecular weight excluding hydrogens is 695 g/mol. The smallest absolute Gasteiger partial charge is 0.150 e. The van der Waals surface area contributed by atoms with Crippen molar-refractivity contribution in [3.8, 4) is 22.5 Å². The molecule has 0 aliphatic rings. The van der Waals surface area contributed by atoms with Gasteiger partial charge in [-0.15, -0.1) is 0 Å². The minimum atomic E-state index is -0.653. The molecule has 264 valence electrons. The predicted octanol–water partition coefficient (Wildman–Crippen LogP) is 13.6. The number of hydrogen-bond donors (Lipinski definition) is 0. The van der Waals surface area contributed by atoms with Crippen LogP contribution in [0.4, 0.5) is 34.6 Å². The van der Waals surface area contributed by atoms with Crippen molar-refractivity contribution in [2.24, 2.45) is 0 Å². The van der Waals surface area contributed by atoms with E-state index in [1.165, 1.54) is 24.3 Å². The average molecular weight is 724 g/mol. The summed E-state index contributed by atoms with van der Waals surface area (Å²) in [6.07, 6.45) is 0. The number of para-hydroxylation sites is 2. The van der Waals surface area contributed by atoms with Crippen LogP contribution in [0.2, 0.25) is 0 Å². The Labute approximate surface area is 313 Å². The average Bonchev–Trinajstić information content (AvgIpc) is 3.71. The van der Waals surface area contributed by atoms with Crippen LogP contribution in [0.1, 0.15) is 0 Å². The topological polar surface area (TPSA) is 13.1 Å². The number of rotatable bonds is 6. The molecule has 7 heteroatoms. The van der Waals surface area contributed by atoms with E-state index in [-0.39, 0.29) is 11.4 Å². The molecule has 0 aliphatic carbocycles. The fraction of sp³-hybridized carbons (Fsp3) is 0. The van der Waals surface area contributed by atoms with Crippen LogP contribution in [0, 0.1) is 23.3 Å². The van der Waals surface area contributed by atoms with Crippen LogP contribution in [0.5, 0.6) is 0 Å². The van der Waals surface area contributed by atoms with E-state index in [1.54, 1.807) is 0 Å². The van der Waals surface area contributed by atoms with Gasteiger partial charge in [-0.25, -0.2) is 17.6 Å². The molecular formula is C48H29F4N3. The van der Waals surface area contributed by atoms with Gasteiger partial charge in [0.05, 0.1) is 33.4 Å². The monoisotopic (exact) mass is 723 g/mol. The van der Waals surface area contributed by atoms with E-state index in [0.29, 0.717) is 0 Å². The normalized spacial score (nSPS) is 11.6. The molecule has 10 aromatic rings. The maximum atomic E-state index is 15.4. The molecule has 0 atom stereocenters. The van der Waals surface area contributed by atoms with Crippen molar-refractivity contribution in [2.75, 3.05) is 4.90 Å². The van der Waals surface area contributed by atoms with Crippen LogP contribution in [-0.2, 0) is 0 Å². The Morgan fingerprint density at radius 3 is 1.24 bits per heavy atom. The third kappa shape index (κ3) is 5.35. The molecule has 10 rings (SSSR count). The van der Waals surface area contributed by atoms with Crippen LogP contribution in [0.3, 0.4) is 0 Å². The summed E-state index contributed by atoms with van der Waals surface area (Å²) in [7, 11) is 0. The Kier molecular flexibility index (Phi) is 7.56. The number of halogens is 4. The minimum Gasteiger partial charge on any atom is -0.310 e. The lowest BCUT2D eigenvalue weighted by molar-refractivity contribution is 0.578. The lowest BCUT2D eigenvalue weighted by Gasteiger charge is -2.26. The third-order valence-electron chi connectivity index (χ3n) is 10.4. The largest absolute Gasteiger partial charge is 0.310 e. The molecule has 0 bridgehead atoms. The Balaban J connectivity index is 1.20. The van der Waals surface area contributed by atoms with E-state index in [2.05, 4.69) is 53.4 Å². The molecule has 0 saturated carbocycles. The summed E-state index contributed by atoms with van der Waals surface area (Å²) in [6.45, 7) is 0. The van der Waals surface area contributed by atoms with Gasteiger partial charge in [0.1, 0.15) is 23.3 Å². The summed E-state index contributed by atoms with van der Waals surface area (Å²) in [5.41, 5.74) is 8.44. The van der Waals surface area contributed by atoms with Crippen molar-refractivity contribution in [3.05, 3.63) is 199 Å². The zero-order chi connectivity index (χ0) is 37.2. The van der Waals surface area contributed by atoms with Crippen LogP contribution < -0.4 is 4.90 Å². The zero-order valence-electron chi connectivity index (χ0n) is 29.1. The van der Waals surface area contributed by atoms with Gasteiger partial charge in [0, 0.05) is 50.7 Å². The number of benzene rings is 8. The summed E-state index contributed by atoms with van der Waals surface area (Å²) in [6, 6.07) is 53.6. The second kappa shape index (κ2) is 12.8. The van der Waals surface area contributed by atoms with E-state index < -0.39 is 23.3 Å². The van der Waals surface area contributed by atoms with Crippen molar-refractivity contribution in [3.63, 3.8) is 0 Å². The highest BCUT2D eigenvalue weighted by Gasteiger charge is 2.21. The van der Waals surface area contributed by atoms with Gasteiger partial charge in [0.2, 0.25) is 0 Å². The van der Waals surface area contributed by atoms with Crippen LogP contribution in [-0.4, -0.2) is 9.13 Å². The molecule has 0 amide bonds. The van der Waals surface area contributed by atoms with Gasteiger partial charge in [0.25, 0.3) is 0 Å². The lowest BCUT2D eigenvalue weighted by atomic mass is 10.0. The van der Waals surface area contributed by atoms with Crippen LogP contribution >= 0.6 is 0 Å². The summed E-state index contributed by atoms with van der Waals surface area (Å²) in [4.78, 5) is 2.17. The highest BCUT2D eigenvalue weighted by Crippen LogP contribution is 2.43. The van der Waals surface area contributed by atoms with Gasteiger partial charge < -0.3 is 14.0 Å². The van der Waals surface area contributed by atoms with E-state index in [1.807, 2.05) is 100 Å². The van der Waals surface area contributed by atoms with Crippen LogP contribution in [0.15, 0.2) is 176 Å².